The minimum absolute atomic E-state index is 0.658. The molecule has 0 unspecified atom stereocenters. The summed E-state index contributed by atoms with van der Waals surface area (Å²) < 4.78 is 23.1. The Kier molecular flexibility index (Phi) is 17.5. The molecular weight excluding hydrogens is 452 g/mol. The molecule has 2 aromatic rings. The molecule has 2 rings (SSSR count). The highest BCUT2D eigenvalue weighted by Gasteiger charge is 2.09. The van der Waals surface area contributed by atoms with Gasteiger partial charge in [0.15, 0.2) is 11.6 Å². The Bertz CT molecular complexity index is 770. The van der Waals surface area contributed by atoms with Crippen molar-refractivity contribution < 1.29 is 18.9 Å². The summed E-state index contributed by atoms with van der Waals surface area (Å²) in [6.07, 6.45) is 17.1. The van der Waals surface area contributed by atoms with Crippen LogP contribution in [0.15, 0.2) is 36.7 Å². The summed E-state index contributed by atoms with van der Waals surface area (Å²) >= 11 is 0. The van der Waals surface area contributed by atoms with Crippen molar-refractivity contribution in [3.63, 3.8) is 0 Å². The molecule has 36 heavy (non-hydrogen) atoms. The average Bonchev–Trinajstić information content (AvgIpc) is 2.91. The Morgan fingerprint density at radius 3 is 1.64 bits per heavy atom. The van der Waals surface area contributed by atoms with Crippen molar-refractivity contribution >= 4 is 0 Å². The van der Waals surface area contributed by atoms with E-state index in [2.05, 4.69) is 23.8 Å². The van der Waals surface area contributed by atoms with E-state index < -0.39 is 0 Å². The van der Waals surface area contributed by atoms with E-state index >= 15 is 0 Å². The Labute approximate surface area is 219 Å². The maximum atomic E-state index is 6.07. The Morgan fingerprint density at radius 1 is 0.556 bits per heavy atom. The summed E-state index contributed by atoms with van der Waals surface area (Å²) in [6.45, 7) is 9.28. The highest BCUT2D eigenvalue weighted by Crippen LogP contribution is 2.27. The molecule has 0 amide bonds. The number of hydrogen-bond acceptors (Lipinski definition) is 6. The van der Waals surface area contributed by atoms with Crippen LogP contribution in [0, 0.1) is 0 Å². The van der Waals surface area contributed by atoms with Gasteiger partial charge in [0.1, 0.15) is 5.75 Å². The predicted molar refractivity (Wildman–Crippen MR) is 147 cm³/mol. The fourth-order valence-electron chi connectivity index (χ4n) is 3.70. The zero-order valence-electron chi connectivity index (χ0n) is 22.7. The van der Waals surface area contributed by atoms with Crippen LogP contribution < -0.4 is 9.47 Å². The van der Waals surface area contributed by atoms with Crippen LogP contribution in [-0.4, -0.2) is 49.6 Å². The highest BCUT2D eigenvalue weighted by atomic mass is 16.5. The number of aromatic nitrogens is 2. The van der Waals surface area contributed by atoms with E-state index in [-0.39, 0.29) is 0 Å². The minimum atomic E-state index is 0.658. The zero-order valence-corrected chi connectivity index (χ0v) is 22.7. The highest BCUT2D eigenvalue weighted by molar-refractivity contribution is 5.63. The van der Waals surface area contributed by atoms with Crippen LogP contribution in [0.4, 0.5) is 0 Å². The van der Waals surface area contributed by atoms with Gasteiger partial charge in [0.2, 0.25) is 0 Å². The number of benzene rings is 1. The van der Waals surface area contributed by atoms with Crippen LogP contribution in [0.1, 0.15) is 90.9 Å². The summed E-state index contributed by atoms with van der Waals surface area (Å²) in [7, 11) is 0. The Morgan fingerprint density at radius 2 is 1.06 bits per heavy atom. The number of hydrogen-bond donors (Lipinski definition) is 0. The fourth-order valence-corrected chi connectivity index (χ4v) is 3.70. The van der Waals surface area contributed by atoms with Crippen LogP contribution in [0.25, 0.3) is 11.4 Å². The number of nitrogens with zero attached hydrogens (tertiary/aromatic N) is 2. The van der Waals surface area contributed by atoms with E-state index in [1.165, 1.54) is 25.7 Å². The number of rotatable bonds is 23. The maximum Gasteiger partial charge on any atom is 0.163 e. The lowest BCUT2D eigenvalue weighted by Crippen LogP contribution is -2.02. The van der Waals surface area contributed by atoms with Crippen LogP contribution in [0.2, 0.25) is 0 Å². The Hall–Kier alpha value is -2.18. The van der Waals surface area contributed by atoms with E-state index in [9.17, 15) is 0 Å². The monoisotopic (exact) mass is 500 g/mol. The second-order valence-corrected chi connectivity index (χ2v) is 9.20. The van der Waals surface area contributed by atoms with Gasteiger partial charge in [-0.1, -0.05) is 51.7 Å². The van der Waals surface area contributed by atoms with Gasteiger partial charge in [-0.3, -0.25) is 0 Å². The lowest BCUT2D eigenvalue weighted by molar-refractivity contribution is 0.126. The first-order valence-electron chi connectivity index (χ1n) is 14.2. The number of ether oxygens (including phenoxy) is 4. The molecule has 0 atom stereocenters. The van der Waals surface area contributed by atoms with Gasteiger partial charge < -0.3 is 18.9 Å². The third-order valence-electron chi connectivity index (χ3n) is 5.93. The molecular formula is C30H48N2O4. The number of para-hydroxylation sites is 1. The van der Waals surface area contributed by atoms with Gasteiger partial charge in [0.25, 0.3) is 0 Å². The smallest absolute Gasteiger partial charge is 0.163 e. The van der Waals surface area contributed by atoms with Crippen LogP contribution >= 0.6 is 0 Å². The molecule has 0 saturated carbocycles. The first-order chi connectivity index (χ1) is 17.8. The molecule has 1 aromatic carbocycles. The van der Waals surface area contributed by atoms with E-state index in [0.29, 0.717) is 24.8 Å². The van der Waals surface area contributed by atoms with Gasteiger partial charge in [0.05, 0.1) is 31.2 Å². The first kappa shape index (κ1) is 30.0. The quantitative estimate of drug-likeness (QED) is 0.146. The fraction of sp³-hybridized carbons (Fsp3) is 0.667. The van der Waals surface area contributed by atoms with Crippen molar-refractivity contribution in [2.75, 3.05) is 39.6 Å². The molecule has 0 aliphatic heterocycles. The molecule has 6 nitrogen and oxygen atoms in total. The number of unbranched alkanes of at least 4 members (excludes halogenated alkanes) is 8. The van der Waals surface area contributed by atoms with Gasteiger partial charge in [-0.05, 0) is 63.5 Å². The topological polar surface area (TPSA) is 62.7 Å². The first-order valence-corrected chi connectivity index (χ1v) is 14.2. The van der Waals surface area contributed by atoms with Crippen molar-refractivity contribution in [2.45, 2.75) is 90.9 Å². The zero-order chi connectivity index (χ0) is 25.5. The van der Waals surface area contributed by atoms with Crippen LogP contribution in [0.5, 0.6) is 11.5 Å². The molecule has 1 aromatic heterocycles. The third-order valence-corrected chi connectivity index (χ3v) is 5.93. The van der Waals surface area contributed by atoms with E-state index in [1.54, 1.807) is 12.4 Å². The third kappa shape index (κ3) is 13.8. The lowest BCUT2D eigenvalue weighted by Gasteiger charge is -2.11. The standard InChI is InChI=1S/C30H48N2O4/c1-3-5-19-33-21-13-7-9-15-23-35-27-25-31-30(32-26-27)28-17-11-12-18-29(28)36-24-16-10-8-14-22-34-20-6-4-2/h11-12,17-18,25-26H,3-10,13-16,19-24H2,1-2H3. The van der Waals surface area contributed by atoms with Gasteiger partial charge in [-0.25, -0.2) is 9.97 Å². The minimum Gasteiger partial charge on any atom is -0.493 e. The molecule has 1 heterocycles. The van der Waals surface area contributed by atoms with Crippen molar-refractivity contribution in [1.29, 1.82) is 0 Å². The van der Waals surface area contributed by atoms with Crippen molar-refractivity contribution in [1.82, 2.24) is 9.97 Å². The van der Waals surface area contributed by atoms with E-state index in [1.807, 2.05) is 24.3 Å². The van der Waals surface area contributed by atoms with Crippen molar-refractivity contribution in [2.24, 2.45) is 0 Å². The van der Waals surface area contributed by atoms with Gasteiger partial charge in [-0.15, -0.1) is 0 Å². The SMILES string of the molecule is CCCCOCCCCCCOc1cnc(-c2ccccc2OCCCCCCOCCCC)nc1. The molecule has 0 bridgehead atoms. The molecule has 0 saturated heterocycles. The lowest BCUT2D eigenvalue weighted by atomic mass is 10.2. The van der Waals surface area contributed by atoms with Gasteiger partial charge in [-0.2, -0.15) is 0 Å². The van der Waals surface area contributed by atoms with E-state index in [0.717, 1.165) is 89.1 Å². The molecule has 0 radical (unpaired) electrons. The maximum absolute atomic E-state index is 6.07. The van der Waals surface area contributed by atoms with Crippen molar-refractivity contribution in [3.8, 4) is 22.9 Å². The summed E-state index contributed by atoms with van der Waals surface area (Å²) in [6, 6.07) is 7.97. The summed E-state index contributed by atoms with van der Waals surface area (Å²) in [5.74, 6) is 2.19. The molecule has 6 heteroatoms. The summed E-state index contributed by atoms with van der Waals surface area (Å²) in [4.78, 5) is 9.05. The average molecular weight is 501 g/mol. The van der Waals surface area contributed by atoms with Crippen LogP contribution in [-0.2, 0) is 9.47 Å². The molecule has 0 fully saturated rings. The van der Waals surface area contributed by atoms with Gasteiger partial charge in [0, 0.05) is 26.4 Å². The predicted octanol–water partition coefficient (Wildman–Crippen LogP) is 7.66. The summed E-state index contributed by atoms with van der Waals surface area (Å²) in [5, 5.41) is 0. The van der Waals surface area contributed by atoms with Crippen LogP contribution in [0.3, 0.4) is 0 Å². The molecule has 0 N–H and O–H groups in total. The molecule has 202 valence electrons. The normalized spacial score (nSPS) is 11.1. The van der Waals surface area contributed by atoms with E-state index in [4.69, 9.17) is 18.9 Å². The van der Waals surface area contributed by atoms with Gasteiger partial charge >= 0.3 is 0 Å². The molecule has 0 aliphatic carbocycles. The Balaban J connectivity index is 1.62. The summed E-state index contributed by atoms with van der Waals surface area (Å²) in [5.41, 5.74) is 0.912. The van der Waals surface area contributed by atoms with Crippen molar-refractivity contribution in [3.05, 3.63) is 36.7 Å². The second kappa shape index (κ2) is 21.0. The molecule has 0 aliphatic rings. The second-order valence-electron chi connectivity index (χ2n) is 9.20. The largest absolute Gasteiger partial charge is 0.493 e. The molecule has 0 spiro atoms.